The number of ether oxygens (including phenoxy) is 1. The molecule has 0 saturated heterocycles. The molecule has 0 radical (unpaired) electrons. The topological polar surface area (TPSA) is 104 Å². The number of methoxy groups -OCH3 is 1. The lowest BCUT2D eigenvalue weighted by Crippen LogP contribution is -2.26. The third-order valence-electron chi connectivity index (χ3n) is 6.14. The van der Waals surface area contributed by atoms with Crippen LogP contribution in [0.1, 0.15) is 68.1 Å². The number of aliphatic hydroxyl groups excluding tert-OH is 3. The second kappa shape index (κ2) is 12.2. The fraction of sp³-hybridized carbons (Fsp3) is 0.652. The van der Waals surface area contributed by atoms with Crippen LogP contribution in [-0.4, -0.2) is 52.5 Å². The fourth-order valence-electron chi connectivity index (χ4n) is 4.46. The van der Waals surface area contributed by atoms with Gasteiger partial charge >= 0.3 is 5.97 Å². The van der Waals surface area contributed by atoms with Gasteiger partial charge in [-0.2, -0.15) is 0 Å². The Bertz CT molecular complexity index is 721. The highest BCUT2D eigenvalue weighted by molar-refractivity contribution is 5.99. The molecule has 1 aromatic rings. The summed E-state index contributed by atoms with van der Waals surface area (Å²) in [5, 5.41) is 30.9. The van der Waals surface area contributed by atoms with E-state index < -0.39 is 35.7 Å². The van der Waals surface area contributed by atoms with Crippen molar-refractivity contribution in [1.82, 2.24) is 0 Å². The first-order valence-electron chi connectivity index (χ1n) is 10.8. The van der Waals surface area contributed by atoms with Gasteiger partial charge in [0.25, 0.3) is 0 Å². The van der Waals surface area contributed by atoms with Crippen molar-refractivity contribution in [3.63, 3.8) is 0 Å². The van der Waals surface area contributed by atoms with Crippen molar-refractivity contribution in [3.8, 4) is 0 Å². The Balaban J connectivity index is 1.82. The SMILES string of the molecule is COC(=O)CCCCCC[C@@H]1[C@@H](CCC(O)C(=O)c2cc(F)cc(F)c2)[C@H](O)C[C@@H]1O. The Morgan fingerprint density at radius 1 is 1.00 bits per heavy atom. The number of ketones is 1. The summed E-state index contributed by atoms with van der Waals surface area (Å²) in [5.41, 5.74) is -0.236. The molecule has 1 saturated carbocycles. The van der Waals surface area contributed by atoms with E-state index in [2.05, 4.69) is 4.74 Å². The maximum absolute atomic E-state index is 13.3. The van der Waals surface area contributed by atoms with Gasteiger partial charge in [-0.05, 0) is 56.1 Å². The number of Topliss-reactive ketones (excluding diaryl/α,β-unsaturated/α-hetero) is 1. The minimum absolute atomic E-state index is 0.0288. The van der Waals surface area contributed by atoms with Crippen molar-refractivity contribution in [1.29, 1.82) is 0 Å². The quantitative estimate of drug-likeness (QED) is 0.261. The molecule has 0 amide bonds. The summed E-state index contributed by atoms with van der Waals surface area (Å²) >= 11 is 0. The van der Waals surface area contributed by atoms with Crippen molar-refractivity contribution in [2.24, 2.45) is 11.8 Å². The Kier molecular flexibility index (Phi) is 9.99. The third kappa shape index (κ3) is 7.63. The molecule has 174 valence electrons. The van der Waals surface area contributed by atoms with Crippen molar-refractivity contribution < 1.29 is 38.4 Å². The van der Waals surface area contributed by atoms with Crippen LogP contribution in [0.3, 0.4) is 0 Å². The van der Waals surface area contributed by atoms with Crippen LogP contribution < -0.4 is 0 Å². The number of benzene rings is 1. The monoisotopic (exact) mass is 442 g/mol. The van der Waals surface area contributed by atoms with Crippen LogP contribution in [0.5, 0.6) is 0 Å². The highest BCUT2D eigenvalue weighted by Crippen LogP contribution is 2.39. The van der Waals surface area contributed by atoms with E-state index in [-0.39, 0.29) is 36.2 Å². The summed E-state index contributed by atoms with van der Waals surface area (Å²) in [6.45, 7) is 0. The molecule has 1 aromatic carbocycles. The van der Waals surface area contributed by atoms with Crippen LogP contribution in [0.4, 0.5) is 8.78 Å². The van der Waals surface area contributed by atoms with Gasteiger partial charge in [-0.15, -0.1) is 0 Å². The number of carbonyl (C=O) groups is 2. The summed E-state index contributed by atoms with van der Waals surface area (Å²) in [7, 11) is 1.36. The lowest BCUT2D eigenvalue weighted by molar-refractivity contribution is -0.140. The normalized spacial score (nSPS) is 24.2. The van der Waals surface area contributed by atoms with Crippen LogP contribution in [-0.2, 0) is 9.53 Å². The predicted octanol–water partition coefficient (Wildman–Crippen LogP) is 3.16. The Hall–Kier alpha value is -1.90. The third-order valence-corrected chi connectivity index (χ3v) is 6.14. The highest BCUT2D eigenvalue weighted by Gasteiger charge is 2.41. The molecule has 0 bridgehead atoms. The van der Waals surface area contributed by atoms with Gasteiger partial charge in [-0.1, -0.05) is 19.3 Å². The molecule has 0 aliphatic heterocycles. The molecule has 6 nitrogen and oxygen atoms in total. The number of halogens is 2. The summed E-state index contributed by atoms with van der Waals surface area (Å²) in [4.78, 5) is 23.4. The fourth-order valence-corrected chi connectivity index (χ4v) is 4.46. The van der Waals surface area contributed by atoms with Gasteiger partial charge in [0.2, 0.25) is 0 Å². The number of carbonyl (C=O) groups excluding carboxylic acids is 2. The van der Waals surface area contributed by atoms with E-state index in [9.17, 15) is 33.7 Å². The van der Waals surface area contributed by atoms with Gasteiger partial charge in [0, 0.05) is 18.1 Å². The minimum Gasteiger partial charge on any atom is -0.469 e. The van der Waals surface area contributed by atoms with Gasteiger partial charge in [0.15, 0.2) is 5.78 Å². The van der Waals surface area contributed by atoms with Gasteiger partial charge in [0.1, 0.15) is 17.7 Å². The molecule has 1 unspecified atom stereocenters. The summed E-state index contributed by atoms with van der Waals surface area (Å²) in [6, 6.07) is 2.41. The lowest BCUT2D eigenvalue weighted by atomic mass is 9.84. The zero-order valence-corrected chi connectivity index (χ0v) is 17.8. The molecule has 1 aliphatic rings. The standard InChI is InChI=1S/C23H32F2O6/c1-31-22(29)7-5-3-2-4-6-17-18(21(28)13-20(17)27)8-9-19(26)23(30)14-10-15(24)12-16(25)11-14/h10-12,17-21,26-28H,2-9,13H2,1H3/t17-,18-,19?,20+,21-/m1/s1. The zero-order valence-electron chi connectivity index (χ0n) is 17.8. The van der Waals surface area contributed by atoms with Gasteiger partial charge in [-0.25, -0.2) is 8.78 Å². The van der Waals surface area contributed by atoms with Crippen LogP contribution >= 0.6 is 0 Å². The Morgan fingerprint density at radius 3 is 2.19 bits per heavy atom. The van der Waals surface area contributed by atoms with Crippen LogP contribution in [0.25, 0.3) is 0 Å². The molecule has 5 atom stereocenters. The molecule has 8 heteroatoms. The van der Waals surface area contributed by atoms with E-state index in [1.807, 2.05) is 0 Å². The van der Waals surface area contributed by atoms with Crippen LogP contribution in [0.15, 0.2) is 18.2 Å². The van der Waals surface area contributed by atoms with Crippen LogP contribution in [0.2, 0.25) is 0 Å². The van der Waals surface area contributed by atoms with E-state index >= 15 is 0 Å². The number of hydrogen-bond donors (Lipinski definition) is 3. The van der Waals surface area contributed by atoms with Crippen molar-refractivity contribution >= 4 is 11.8 Å². The van der Waals surface area contributed by atoms with Crippen molar-refractivity contribution in [2.45, 2.75) is 76.1 Å². The minimum atomic E-state index is -1.44. The molecule has 0 spiro atoms. The average molecular weight is 442 g/mol. The zero-order chi connectivity index (χ0) is 23.0. The highest BCUT2D eigenvalue weighted by atomic mass is 19.1. The molecule has 0 aromatic heterocycles. The van der Waals surface area contributed by atoms with E-state index in [0.29, 0.717) is 25.3 Å². The van der Waals surface area contributed by atoms with E-state index in [1.165, 1.54) is 7.11 Å². The first-order chi connectivity index (χ1) is 14.7. The molecular weight excluding hydrogens is 410 g/mol. The molecule has 2 rings (SSSR count). The molecule has 3 N–H and O–H groups in total. The molecule has 1 aliphatic carbocycles. The molecule has 1 fully saturated rings. The summed E-state index contributed by atoms with van der Waals surface area (Å²) in [5.74, 6) is -3.20. The smallest absolute Gasteiger partial charge is 0.305 e. The summed E-state index contributed by atoms with van der Waals surface area (Å²) < 4.78 is 31.2. The lowest BCUT2D eigenvalue weighted by Gasteiger charge is -2.24. The van der Waals surface area contributed by atoms with Crippen LogP contribution in [0, 0.1) is 23.5 Å². The maximum atomic E-state index is 13.3. The predicted molar refractivity (Wildman–Crippen MR) is 109 cm³/mol. The average Bonchev–Trinajstić information content (AvgIpc) is 2.99. The number of aliphatic hydroxyl groups is 3. The largest absolute Gasteiger partial charge is 0.469 e. The van der Waals surface area contributed by atoms with Gasteiger partial charge in [0.05, 0.1) is 19.3 Å². The number of hydrogen-bond acceptors (Lipinski definition) is 6. The molecule has 0 heterocycles. The van der Waals surface area contributed by atoms with E-state index in [4.69, 9.17) is 0 Å². The number of unbranched alkanes of at least 4 members (excludes halogenated alkanes) is 3. The van der Waals surface area contributed by atoms with Gasteiger partial charge < -0.3 is 20.1 Å². The second-order valence-electron chi connectivity index (χ2n) is 8.34. The van der Waals surface area contributed by atoms with Crippen molar-refractivity contribution in [2.75, 3.05) is 7.11 Å². The van der Waals surface area contributed by atoms with Gasteiger partial charge in [-0.3, -0.25) is 9.59 Å². The number of esters is 1. The first kappa shape index (κ1) is 25.4. The molecule has 31 heavy (non-hydrogen) atoms. The van der Waals surface area contributed by atoms with E-state index in [1.54, 1.807) is 0 Å². The Labute approximate surface area is 181 Å². The second-order valence-corrected chi connectivity index (χ2v) is 8.34. The molecular formula is C23H32F2O6. The first-order valence-corrected chi connectivity index (χ1v) is 10.8. The maximum Gasteiger partial charge on any atom is 0.305 e. The van der Waals surface area contributed by atoms with E-state index in [0.717, 1.165) is 37.8 Å². The number of rotatable bonds is 12. The van der Waals surface area contributed by atoms with Crippen molar-refractivity contribution in [3.05, 3.63) is 35.4 Å². The Morgan fingerprint density at radius 2 is 1.58 bits per heavy atom. The summed E-state index contributed by atoms with van der Waals surface area (Å²) in [6.07, 6.45) is 2.16.